The minimum Gasteiger partial charge on any atom is -0.347 e. The number of nitrogens with zero attached hydrogens (tertiary/aromatic N) is 1. The summed E-state index contributed by atoms with van der Waals surface area (Å²) in [6.45, 7) is 1.09. The minimum atomic E-state index is 0.810. The number of fused-ring (bicyclic) bond motifs is 1. The fraction of sp³-hybridized carbons (Fsp3) is 0.333. The van der Waals surface area contributed by atoms with Gasteiger partial charge in [0, 0.05) is 28.7 Å². The summed E-state index contributed by atoms with van der Waals surface area (Å²) in [6, 6.07) is 8.19. The number of thioether (sulfide) groups is 1. The Morgan fingerprint density at radius 3 is 3.00 bits per heavy atom. The van der Waals surface area contributed by atoms with Crippen molar-refractivity contribution in [2.24, 2.45) is 0 Å². The van der Waals surface area contributed by atoms with E-state index in [9.17, 15) is 0 Å². The van der Waals surface area contributed by atoms with Crippen LogP contribution in [0.4, 0.5) is 0 Å². The Balaban J connectivity index is 2.21. The lowest BCUT2D eigenvalue weighted by Gasteiger charge is -2.04. The number of halogens is 1. The highest BCUT2D eigenvalue weighted by molar-refractivity contribution is 7.98. The number of rotatable bonds is 4. The largest absolute Gasteiger partial charge is 0.347 e. The molecule has 0 bridgehead atoms. The second-order valence-corrected chi connectivity index (χ2v) is 4.98. The highest BCUT2D eigenvalue weighted by atomic mass is 35.5. The topological polar surface area (TPSA) is 4.93 Å². The molecule has 0 aliphatic rings. The van der Waals surface area contributed by atoms with Crippen LogP contribution in [0.3, 0.4) is 0 Å². The molecule has 80 valence electrons. The van der Waals surface area contributed by atoms with Gasteiger partial charge in [0.1, 0.15) is 0 Å². The molecular formula is C12H14ClNS. The Morgan fingerprint density at radius 1 is 1.33 bits per heavy atom. The highest BCUT2D eigenvalue weighted by Crippen LogP contribution is 2.20. The Labute approximate surface area is 99.4 Å². The monoisotopic (exact) mass is 239 g/mol. The normalized spacial score (nSPS) is 11.1. The lowest BCUT2D eigenvalue weighted by Crippen LogP contribution is -1.96. The van der Waals surface area contributed by atoms with Gasteiger partial charge < -0.3 is 4.57 Å². The van der Waals surface area contributed by atoms with Crippen LogP contribution in [-0.4, -0.2) is 16.6 Å². The third kappa shape index (κ3) is 2.50. The summed E-state index contributed by atoms with van der Waals surface area (Å²) in [5.74, 6) is 1.22. The van der Waals surface area contributed by atoms with Crippen molar-refractivity contribution in [1.82, 2.24) is 4.57 Å². The standard InChI is InChI=1S/C12H14ClNS/c1-15-8-2-6-14-7-5-10-9-11(13)3-4-12(10)14/h3-5,7,9H,2,6,8H2,1H3. The molecule has 0 atom stereocenters. The molecule has 1 nitrogen and oxygen atoms in total. The van der Waals surface area contributed by atoms with Gasteiger partial charge in [-0.2, -0.15) is 11.8 Å². The van der Waals surface area contributed by atoms with Crippen LogP contribution in [0.15, 0.2) is 30.5 Å². The summed E-state index contributed by atoms with van der Waals surface area (Å²) >= 11 is 7.84. The van der Waals surface area contributed by atoms with Crippen LogP contribution in [-0.2, 0) is 6.54 Å². The van der Waals surface area contributed by atoms with Gasteiger partial charge in [0.25, 0.3) is 0 Å². The molecule has 0 radical (unpaired) electrons. The fourth-order valence-electron chi connectivity index (χ4n) is 1.75. The molecule has 1 aromatic heterocycles. The van der Waals surface area contributed by atoms with Crippen molar-refractivity contribution in [2.45, 2.75) is 13.0 Å². The molecule has 0 N–H and O–H groups in total. The number of hydrogen-bond donors (Lipinski definition) is 0. The number of aromatic nitrogens is 1. The second kappa shape index (κ2) is 4.95. The fourth-order valence-corrected chi connectivity index (χ4v) is 2.34. The van der Waals surface area contributed by atoms with E-state index in [0.29, 0.717) is 0 Å². The lowest BCUT2D eigenvalue weighted by molar-refractivity contribution is 0.709. The first kappa shape index (κ1) is 10.9. The van der Waals surface area contributed by atoms with Crippen molar-refractivity contribution < 1.29 is 0 Å². The SMILES string of the molecule is CSCCCn1ccc2cc(Cl)ccc21. The molecule has 1 aromatic carbocycles. The van der Waals surface area contributed by atoms with E-state index in [4.69, 9.17) is 11.6 Å². The number of hydrogen-bond acceptors (Lipinski definition) is 1. The van der Waals surface area contributed by atoms with Crippen LogP contribution in [0.2, 0.25) is 5.02 Å². The van der Waals surface area contributed by atoms with Crippen LogP contribution < -0.4 is 0 Å². The van der Waals surface area contributed by atoms with Crippen molar-refractivity contribution >= 4 is 34.3 Å². The van der Waals surface area contributed by atoms with Gasteiger partial charge in [0.05, 0.1) is 0 Å². The van der Waals surface area contributed by atoms with E-state index in [1.165, 1.54) is 23.1 Å². The maximum absolute atomic E-state index is 5.94. The summed E-state index contributed by atoms with van der Waals surface area (Å²) in [5, 5.41) is 2.04. The molecule has 0 aliphatic heterocycles. The maximum Gasteiger partial charge on any atom is 0.0481 e. The zero-order valence-electron chi connectivity index (χ0n) is 8.74. The van der Waals surface area contributed by atoms with Gasteiger partial charge in [-0.25, -0.2) is 0 Å². The van der Waals surface area contributed by atoms with E-state index in [0.717, 1.165) is 11.6 Å². The minimum absolute atomic E-state index is 0.810. The Kier molecular flexibility index (Phi) is 3.60. The summed E-state index contributed by atoms with van der Waals surface area (Å²) < 4.78 is 2.29. The molecule has 15 heavy (non-hydrogen) atoms. The Hall–Kier alpha value is -0.600. The summed E-state index contributed by atoms with van der Waals surface area (Å²) in [7, 11) is 0. The first-order valence-corrected chi connectivity index (χ1v) is 6.82. The van der Waals surface area contributed by atoms with Gasteiger partial charge in [-0.3, -0.25) is 0 Å². The molecule has 0 fully saturated rings. The van der Waals surface area contributed by atoms with E-state index in [1.807, 2.05) is 23.9 Å². The van der Waals surface area contributed by atoms with Gasteiger partial charge in [0.15, 0.2) is 0 Å². The van der Waals surface area contributed by atoms with E-state index in [1.54, 1.807) is 0 Å². The molecule has 0 amide bonds. The first-order valence-electron chi connectivity index (χ1n) is 5.04. The third-order valence-electron chi connectivity index (χ3n) is 2.48. The predicted molar refractivity (Wildman–Crippen MR) is 69.9 cm³/mol. The lowest BCUT2D eigenvalue weighted by atomic mass is 10.2. The van der Waals surface area contributed by atoms with E-state index >= 15 is 0 Å². The van der Waals surface area contributed by atoms with Crippen molar-refractivity contribution in [2.75, 3.05) is 12.0 Å². The van der Waals surface area contributed by atoms with E-state index in [2.05, 4.69) is 29.2 Å². The molecular weight excluding hydrogens is 226 g/mol. The average molecular weight is 240 g/mol. The van der Waals surface area contributed by atoms with Crippen molar-refractivity contribution in [3.8, 4) is 0 Å². The van der Waals surface area contributed by atoms with Gasteiger partial charge >= 0.3 is 0 Å². The van der Waals surface area contributed by atoms with Crippen molar-refractivity contribution in [1.29, 1.82) is 0 Å². The molecule has 3 heteroatoms. The van der Waals surface area contributed by atoms with Crippen LogP contribution in [0.25, 0.3) is 10.9 Å². The average Bonchev–Trinajstić information content (AvgIpc) is 2.61. The molecule has 0 spiro atoms. The molecule has 0 saturated carbocycles. The molecule has 0 saturated heterocycles. The van der Waals surface area contributed by atoms with Crippen LogP contribution in [0, 0.1) is 0 Å². The van der Waals surface area contributed by atoms with Crippen LogP contribution in [0.1, 0.15) is 6.42 Å². The molecule has 2 rings (SSSR count). The molecule has 0 aliphatic carbocycles. The zero-order chi connectivity index (χ0) is 10.7. The van der Waals surface area contributed by atoms with E-state index in [-0.39, 0.29) is 0 Å². The van der Waals surface area contributed by atoms with Gasteiger partial charge in [-0.15, -0.1) is 0 Å². The number of aryl methyl sites for hydroxylation is 1. The summed E-state index contributed by atoms with van der Waals surface area (Å²) in [5.41, 5.74) is 1.28. The second-order valence-electron chi connectivity index (χ2n) is 3.56. The quantitative estimate of drug-likeness (QED) is 0.729. The smallest absolute Gasteiger partial charge is 0.0481 e. The maximum atomic E-state index is 5.94. The third-order valence-corrected chi connectivity index (χ3v) is 3.41. The van der Waals surface area contributed by atoms with Crippen LogP contribution >= 0.6 is 23.4 Å². The van der Waals surface area contributed by atoms with Crippen LogP contribution in [0.5, 0.6) is 0 Å². The van der Waals surface area contributed by atoms with Gasteiger partial charge in [-0.1, -0.05) is 11.6 Å². The van der Waals surface area contributed by atoms with Gasteiger partial charge in [0.2, 0.25) is 0 Å². The molecule has 1 heterocycles. The Bertz CT molecular complexity index is 450. The van der Waals surface area contributed by atoms with Crippen molar-refractivity contribution in [3.63, 3.8) is 0 Å². The summed E-state index contributed by atoms with van der Waals surface area (Å²) in [4.78, 5) is 0. The van der Waals surface area contributed by atoms with Crippen molar-refractivity contribution in [3.05, 3.63) is 35.5 Å². The first-order chi connectivity index (χ1) is 7.31. The zero-order valence-corrected chi connectivity index (χ0v) is 10.3. The number of benzene rings is 1. The Morgan fingerprint density at radius 2 is 2.20 bits per heavy atom. The van der Waals surface area contributed by atoms with Gasteiger partial charge in [-0.05, 0) is 42.7 Å². The predicted octanol–water partition coefficient (Wildman–Crippen LogP) is 4.05. The molecule has 2 aromatic rings. The highest BCUT2D eigenvalue weighted by Gasteiger charge is 2.00. The molecule has 0 unspecified atom stereocenters. The van der Waals surface area contributed by atoms with E-state index < -0.39 is 0 Å². The summed E-state index contributed by atoms with van der Waals surface area (Å²) in [6.07, 6.45) is 5.50.